The molecular formula is C13H27N3O2S. The van der Waals surface area contributed by atoms with Crippen molar-refractivity contribution in [2.24, 2.45) is 5.92 Å². The first-order chi connectivity index (χ1) is 9.09. The molecule has 0 aromatic carbocycles. The van der Waals surface area contributed by atoms with Gasteiger partial charge in [-0.3, -0.25) is 0 Å². The number of piperidine rings is 2. The predicted octanol–water partition coefficient (Wildman–Crippen LogP) is 1.08. The van der Waals surface area contributed by atoms with Gasteiger partial charge in [-0.2, -0.15) is 12.7 Å². The first kappa shape index (κ1) is 15.2. The molecule has 0 saturated carbocycles. The van der Waals surface area contributed by atoms with Gasteiger partial charge in [-0.1, -0.05) is 6.42 Å². The largest absolute Gasteiger partial charge is 0.317 e. The average molecular weight is 289 g/mol. The van der Waals surface area contributed by atoms with Gasteiger partial charge in [-0.15, -0.1) is 0 Å². The fourth-order valence-corrected chi connectivity index (χ4v) is 4.56. The van der Waals surface area contributed by atoms with Crippen molar-refractivity contribution < 1.29 is 8.42 Å². The van der Waals surface area contributed by atoms with Gasteiger partial charge in [0.1, 0.15) is 0 Å². The summed E-state index contributed by atoms with van der Waals surface area (Å²) in [6.45, 7) is 5.40. The molecule has 2 fully saturated rings. The monoisotopic (exact) mass is 289 g/mol. The van der Waals surface area contributed by atoms with E-state index < -0.39 is 10.2 Å². The lowest BCUT2D eigenvalue weighted by Crippen LogP contribution is -2.48. The van der Waals surface area contributed by atoms with E-state index in [4.69, 9.17) is 0 Å². The van der Waals surface area contributed by atoms with Crippen molar-refractivity contribution in [3.05, 3.63) is 0 Å². The third-order valence-corrected chi connectivity index (χ3v) is 6.08. The number of nitrogens with one attached hydrogen (secondary N) is 2. The van der Waals surface area contributed by atoms with Crippen LogP contribution in [-0.4, -0.2) is 44.9 Å². The maximum Gasteiger partial charge on any atom is 0.279 e. The molecule has 6 heteroatoms. The zero-order valence-corrected chi connectivity index (χ0v) is 12.7. The molecule has 0 radical (unpaired) electrons. The van der Waals surface area contributed by atoms with Gasteiger partial charge in [0, 0.05) is 19.1 Å². The molecule has 1 atom stereocenters. The quantitative estimate of drug-likeness (QED) is 0.796. The fourth-order valence-electron chi connectivity index (χ4n) is 3.07. The van der Waals surface area contributed by atoms with Gasteiger partial charge in [0.2, 0.25) is 0 Å². The average Bonchev–Trinajstić information content (AvgIpc) is 2.40. The summed E-state index contributed by atoms with van der Waals surface area (Å²) in [6.07, 6.45) is 6.41. The summed E-state index contributed by atoms with van der Waals surface area (Å²) >= 11 is 0. The van der Waals surface area contributed by atoms with Crippen LogP contribution in [0.5, 0.6) is 0 Å². The third-order valence-electron chi connectivity index (χ3n) is 4.35. The Kier molecular flexibility index (Phi) is 5.62. The van der Waals surface area contributed by atoms with Crippen molar-refractivity contribution in [2.75, 3.05) is 26.2 Å². The predicted molar refractivity (Wildman–Crippen MR) is 77.2 cm³/mol. The molecule has 5 nitrogen and oxygen atoms in total. The van der Waals surface area contributed by atoms with Gasteiger partial charge < -0.3 is 5.32 Å². The summed E-state index contributed by atoms with van der Waals surface area (Å²) in [6, 6.07) is 0.144. The Balaban J connectivity index is 1.76. The maximum absolute atomic E-state index is 12.2. The van der Waals surface area contributed by atoms with E-state index in [1.807, 2.05) is 6.92 Å². The van der Waals surface area contributed by atoms with Crippen LogP contribution in [0.4, 0.5) is 0 Å². The van der Waals surface area contributed by atoms with Gasteiger partial charge in [0.15, 0.2) is 0 Å². The van der Waals surface area contributed by atoms with Gasteiger partial charge in [0.25, 0.3) is 10.2 Å². The molecule has 0 bridgehead atoms. The number of hydrogen-bond donors (Lipinski definition) is 2. The topological polar surface area (TPSA) is 61.4 Å². The van der Waals surface area contributed by atoms with Crippen LogP contribution in [0.15, 0.2) is 0 Å². The Morgan fingerprint density at radius 1 is 1.21 bits per heavy atom. The van der Waals surface area contributed by atoms with E-state index in [9.17, 15) is 8.42 Å². The van der Waals surface area contributed by atoms with Crippen molar-refractivity contribution in [3.63, 3.8) is 0 Å². The second-order valence-electron chi connectivity index (χ2n) is 5.84. The van der Waals surface area contributed by atoms with E-state index in [1.54, 1.807) is 4.31 Å². The van der Waals surface area contributed by atoms with Crippen LogP contribution in [0.3, 0.4) is 0 Å². The van der Waals surface area contributed by atoms with E-state index in [2.05, 4.69) is 10.0 Å². The molecule has 112 valence electrons. The van der Waals surface area contributed by atoms with E-state index in [1.165, 1.54) is 12.8 Å². The smallest absolute Gasteiger partial charge is 0.279 e. The van der Waals surface area contributed by atoms with Gasteiger partial charge in [-0.05, 0) is 58.0 Å². The summed E-state index contributed by atoms with van der Waals surface area (Å²) in [5.41, 5.74) is 0. The standard InChI is InChI=1S/C13H27N3O2S/c1-12-4-2-3-11-16(12)19(17,18)15-10-7-13-5-8-14-9-6-13/h12-15H,2-11H2,1H3. The number of hydrogen-bond acceptors (Lipinski definition) is 3. The van der Waals surface area contributed by atoms with Gasteiger partial charge in [0.05, 0.1) is 0 Å². The molecule has 2 rings (SSSR count). The first-order valence-corrected chi connectivity index (χ1v) is 9.01. The molecule has 0 aromatic rings. The summed E-state index contributed by atoms with van der Waals surface area (Å²) in [5.74, 6) is 0.669. The minimum Gasteiger partial charge on any atom is -0.317 e. The summed E-state index contributed by atoms with van der Waals surface area (Å²) in [4.78, 5) is 0. The SMILES string of the molecule is CC1CCCCN1S(=O)(=O)NCCC1CCNCC1. The normalized spacial score (nSPS) is 27.5. The van der Waals surface area contributed by atoms with Crippen molar-refractivity contribution in [3.8, 4) is 0 Å². The molecule has 0 amide bonds. The molecular weight excluding hydrogens is 262 g/mol. The number of rotatable bonds is 5. The molecule has 1 unspecified atom stereocenters. The van der Waals surface area contributed by atoms with Gasteiger partial charge in [-0.25, -0.2) is 4.72 Å². The summed E-state index contributed by atoms with van der Waals surface area (Å²) in [5, 5.41) is 3.33. The Labute approximate surface area is 117 Å². The molecule has 0 spiro atoms. The Morgan fingerprint density at radius 3 is 2.63 bits per heavy atom. The first-order valence-electron chi connectivity index (χ1n) is 7.57. The van der Waals surface area contributed by atoms with E-state index in [0.717, 1.165) is 38.8 Å². The summed E-state index contributed by atoms with van der Waals surface area (Å²) < 4.78 is 28.9. The molecule has 0 aliphatic carbocycles. The molecule has 2 N–H and O–H groups in total. The van der Waals surface area contributed by atoms with E-state index in [-0.39, 0.29) is 6.04 Å². The second kappa shape index (κ2) is 7.02. The highest BCUT2D eigenvalue weighted by molar-refractivity contribution is 7.87. The minimum atomic E-state index is -3.27. The molecule has 2 saturated heterocycles. The lowest BCUT2D eigenvalue weighted by atomic mass is 9.95. The summed E-state index contributed by atoms with van der Waals surface area (Å²) in [7, 11) is -3.27. The van der Waals surface area contributed by atoms with Crippen LogP contribution in [0.2, 0.25) is 0 Å². The van der Waals surface area contributed by atoms with Crippen LogP contribution in [0.1, 0.15) is 45.4 Å². The van der Waals surface area contributed by atoms with Crippen LogP contribution in [0.25, 0.3) is 0 Å². The van der Waals surface area contributed by atoms with Crippen LogP contribution in [-0.2, 0) is 10.2 Å². The lowest BCUT2D eigenvalue weighted by molar-refractivity contribution is 0.264. The molecule has 2 aliphatic rings. The third kappa shape index (κ3) is 4.41. The minimum absolute atomic E-state index is 0.144. The van der Waals surface area contributed by atoms with Crippen LogP contribution in [0, 0.1) is 5.92 Å². The molecule has 0 aromatic heterocycles. The highest BCUT2D eigenvalue weighted by Gasteiger charge is 2.29. The molecule has 19 heavy (non-hydrogen) atoms. The fraction of sp³-hybridized carbons (Fsp3) is 1.00. The second-order valence-corrected chi connectivity index (χ2v) is 7.54. The van der Waals surface area contributed by atoms with Crippen LogP contribution < -0.4 is 10.0 Å². The Hall–Kier alpha value is -0.170. The van der Waals surface area contributed by atoms with Gasteiger partial charge >= 0.3 is 0 Å². The Morgan fingerprint density at radius 2 is 1.95 bits per heavy atom. The Bertz CT molecular complexity index is 366. The van der Waals surface area contributed by atoms with Crippen molar-refractivity contribution in [2.45, 2.75) is 51.5 Å². The van der Waals surface area contributed by atoms with Crippen molar-refractivity contribution >= 4 is 10.2 Å². The zero-order chi connectivity index (χ0) is 13.7. The molecule has 2 aliphatic heterocycles. The lowest BCUT2D eigenvalue weighted by Gasteiger charge is -2.32. The number of nitrogens with zero attached hydrogens (tertiary/aromatic N) is 1. The van der Waals surface area contributed by atoms with Crippen molar-refractivity contribution in [1.82, 2.24) is 14.3 Å². The van der Waals surface area contributed by atoms with Crippen LogP contribution >= 0.6 is 0 Å². The highest BCUT2D eigenvalue weighted by Crippen LogP contribution is 2.19. The van der Waals surface area contributed by atoms with Crippen molar-refractivity contribution in [1.29, 1.82) is 0 Å². The van der Waals surface area contributed by atoms with E-state index >= 15 is 0 Å². The van der Waals surface area contributed by atoms with E-state index in [0.29, 0.717) is 19.0 Å². The highest BCUT2D eigenvalue weighted by atomic mass is 32.2. The zero-order valence-electron chi connectivity index (χ0n) is 11.9. The maximum atomic E-state index is 12.2. The molecule has 2 heterocycles.